The highest BCUT2D eigenvalue weighted by atomic mass is 15.1. The summed E-state index contributed by atoms with van der Waals surface area (Å²) >= 11 is 0. The summed E-state index contributed by atoms with van der Waals surface area (Å²) in [6.07, 6.45) is 9.08. The van der Waals surface area contributed by atoms with Crippen LogP contribution in [0, 0.1) is 5.92 Å². The second-order valence-electron chi connectivity index (χ2n) is 5.30. The summed E-state index contributed by atoms with van der Waals surface area (Å²) in [5.41, 5.74) is 2.22. The molecule has 0 radical (unpaired) electrons. The normalized spacial score (nSPS) is 11.4. The topological polar surface area (TPSA) is 46.8 Å². The molecule has 19 heavy (non-hydrogen) atoms. The predicted octanol–water partition coefficient (Wildman–Crippen LogP) is 1.96. The maximum Gasteiger partial charge on any atom is 0.0948 e. The van der Waals surface area contributed by atoms with Crippen LogP contribution in [0.3, 0.4) is 0 Å². The van der Waals surface area contributed by atoms with Crippen LogP contribution in [0.15, 0.2) is 31.1 Å². The Labute approximate surface area is 114 Å². The molecule has 0 unspecified atom stereocenters. The Morgan fingerprint density at radius 3 is 2.68 bits per heavy atom. The van der Waals surface area contributed by atoms with Crippen LogP contribution in [0.1, 0.15) is 25.2 Å². The van der Waals surface area contributed by atoms with Crippen LogP contribution >= 0.6 is 0 Å². The lowest BCUT2D eigenvalue weighted by Gasteiger charge is -2.17. The van der Waals surface area contributed by atoms with E-state index in [-0.39, 0.29) is 0 Å². The van der Waals surface area contributed by atoms with E-state index in [0.29, 0.717) is 5.92 Å². The standard InChI is InChI=1S/C14H21N5/c1-12(2)8-19-11-16-7-14(19)10-18(3)9-13-6-15-4-5-17-13/h4-7,11-12H,8-10H2,1-3H3. The van der Waals surface area contributed by atoms with Crippen molar-refractivity contribution in [2.45, 2.75) is 33.5 Å². The van der Waals surface area contributed by atoms with Gasteiger partial charge in [0.05, 0.1) is 17.7 Å². The zero-order valence-corrected chi connectivity index (χ0v) is 11.8. The monoisotopic (exact) mass is 259 g/mol. The molecule has 0 fully saturated rings. The molecular formula is C14H21N5. The highest BCUT2D eigenvalue weighted by Gasteiger charge is 2.08. The Bertz CT molecular complexity index is 492. The Hall–Kier alpha value is -1.75. The molecule has 2 aromatic heterocycles. The van der Waals surface area contributed by atoms with E-state index in [1.165, 1.54) is 5.69 Å². The first-order valence-electron chi connectivity index (χ1n) is 6.57. The second-order valence-corrected chi connectivity index (χ2v) is 5.30. The van der Waals surface area contributed by atoms with E-state index in [1.807, 2.05) is 18.7 Å². The van der Waals surface area contributed by atoms with E-state index in [9.17, 15) is 0 Å². The average molecular weight is 259 g/mol. The molecule has 0 spiro atoms. The molecule has 0 saturated heterocycles. The van der Waals surface area contributed by atoms with Gasteiger partial charge in [-0.15, -0.1) is 0 Å². The number of hydrogen-bond acceptors (Lipinski definition) is 4. The van der Waals surface area contributed by atoms with E-state index < -0.39 is 0 Å². The summed E-state index contributed by atoms with van der Waals surface area (Å²) in [5, 5.41) is 0. The molecule has 5 heteroatoms. The molecule has 0 N–H and O–H groups in total. The second kappa shape index (κ2) is 6.43. The Morgan fingerprint density at radius 2 is 2.00 bits per heavy atom. The molecule has 0 amide bonds. The van der Waals surface area contributed by atoms with Crippen LogP contribution < -0.4 is 0 Å². The van der Waals surface area contributed by atoms with Crippen molar-refractivity contribution in [1.82, 2.24) is 24.4 Å². The molecule has 102 valence electrons. The fourth-order valence-electron chi connectivity index (χ4n) is 2.06. The van der Waals surface area contributed by atoms with Gasteiger partial charge in [0.1, 0.15) is 0 Å². The number of aromatic nitrogens is 4. The molecule has 2 rings (SSSR count). The van der Waals surface area contributed by atoms with Crippen molar-refractivity contribution in [3.63, 3.8) is 0 Å². The van der Waals surface area contributed by atoms with Crippen molar-refractivity contribution in [2.75, 3.05) is 7.05 Å². The average Bonchev–Trinajstić information content (AvgIpc) is 2.77. The number of nitrogens with zero attached hydrogens (tertiary/aromatic N) is 5. The minimum absolute atomic E-state index is 0.623. The first-order chi connectivity index (χ1) is 9.15. The van der Waals surface area contributed by atoms with E-state index >= 15 is 0 Å². The van der Waals surface area contributed by atoms with Crippen molar-refractivity contribution in [2.24, 2.45) is 5.92 Å². The third kappa shape index (κ3) is 4.13. The van der Waals surface area contributed by atoms with Crippen LogP contribution in [0.4, 0.5) is 0 Å². The van der Waals surface area contributed by atoms with Gasteiger partial charge < -0.3 is 4.57 Å². The molecule has 2 aromatic rings. The van der Waals surface area contributed by atoms with Crippen LogP contribution in [-0.2, 0) is 19.6 Å². The number of hydrogen-bond donors (Lipinski definition) is 0. The minimum atomic E-state index is 0.623. The Balaban J connectivity index is 1.95. The molecule has 0 atom stereocenters. The predicted molar refractivity (Wildman–Crippen MR) is 74.3 cm³/mol. The summed E-state index contributed by atoms with van der Waals surface area (Å²) in [5.74, 6) is 0.623. The Kier molecular flexibility index (Phi) is 4.63. The molecule has 0 aromatic carbocycles. The molecule has 2 heterocycles. The molecule has 5 nitrogen and oxygen atoms in total. The number of rotatable bonds is 6. The van der Waals surface area contributed by atoms with Crippen molar-refractivity contribution in [3.8, 4) is 0 Å². The highest BCUT2D eigenvalue weighted by molar-refractivity contribution is 5.00. The minimum Gasteiger partial charge on any atom is -0.333 e. The molecule has 0 aliphatic heterocycles. The quantitative estimate of drug-likeness (QED) is 0.795. The molecule has 0 aliphatic carbocycles. The Morgan fingerprint density at radius 1 is 1.16 bits per heavy atom. The van der Waals surface area contributed by atoms with Gasteiger partial charge in [-0.1, -0.05) is 13.8 Å². The van der Waals surface area contributed by atoms with Gasteiger partial charge in [-0.2, -0.15) is 0 Å². The van der Waals surface area contributed by atoms with Gasteiger partial charge in [0.25, 0.3) is 0 Å². The fraction of sp³-hybridized carbons (Fsp3) is 0.500. The van der Waals surface area contributed by atoms with Gasteiger partial charge in [-0.05, 0) is 13.0 Å². The fourth-order valence-corrected chi connectivity index (χ4v) is 2.06. The smallest absolute Gasteiger partial charge is 0.0948 e. The van der Waals surface area contributed by atoms with E-state index in [1.54, 1.807) is 12.4 Å². The van der Waals surface area contributed by atoms with Crippen molar-refractivity contribution in [3.05, 3.63) is 42.5 Å². The van der Waals surface area contributed by atoms with Crippen molar-refractivity contribution < 1.29 is 0 Å². The first-order valence-corrected chi connectivity index (χ1v) is 6.57. The first kappa shape index (κ1) is 13.7. The summed E-state index contributed by atoms with van der Waals surface area (Å²) in [7, 11) is 2.08. The van der Waals surface area contributed by atoms with Gasteiger partial charge in [0.15, 0.2) is 0 Å². The lowest BCUT2D eigenvalue weighted by molar-refractivity contribution is 0.303. The van der Waals surface area contributed by atoms with E-state index in [0.717, 1.165) is 25.3 Å². The summed E-state index contributed by atoms with van der Waals surface area (Å²) in [6.45, 7) is 7.10. The SMILES string of the molecule is CC(C)Cn1cncc1CN(C)Cc1cnccn1. The summed E-state index contributed by atoms with van der Waals surface area (Å²) in [6, 6.07) is 0. The maximum absolute atomic E-state index is 4.29. The lowest BCUT2D eigenvalue weighted by Crippen LogP contribution is -2.20. The van der Waals surface area contributed by atoms with Crippen LogP contribution in [-0.4, -0.2) is 31.5 Å². The van der Waals surface area contributed by atoms with Gasteiger partial charge in [-0.25, -0.2) is 4.98 Å². The molecule has 0 saturated carbocycles. The van der Waals surface area contributed by atoms with Gasteiger partial charge in [0.2, 0.25) is 0 Å². The lowest BCUT2D eigenvalue weighted by atomic mass is 10.2. The van der Waals surface area contributed by atoms with E-state index in [2.05, 4.69) is 45.3 Å². The number of imidazole rings is 1. The molecule has 0 bridgehead atoms. The maximum atomic E-state index is 4.29. The zero-order valence-electron chi connectivity index (χ0n) is 11.8. The summed E-state index contributed by atoms with van der Waals surface area (Å²) < 4.78 is 2.22. The van der Waals surface area contributed by atoms with Crippen molar-refractivity contribution >= 4 is 0 Å². The van der Waals surface area contributed by atoms with Crippen LogP contribution in [0.2, 0.25) is 0 Å². The van der Waals surface area contributed by atoms with E-state index in [4.69, 9.17) is 0 Å². The summed E-state index contributed by atoms with van der Waals surface area (Å²) in [4.78, 5) is 14.8. The molecular weight excluding hydrogens is 238 g/mol. The molecule has 0 aliphatic rings. The highest BCUT2D eigenvalue weighted by Crippen LogP contribution is 2.08. The van der Waals surface area contributed by atoms with Gasteiger partial charge >= 0.3 is 0 Å². The third-order valence-corrected chi connectivity index (χ3v) is 2.84. The van der Waals surface area contributed by atoms with Crippen molar-refractivity contribution in [1.29, 1.82) is 0 Å². The third-order valence-electron chi connectivity index (χ3n) is 2.84. The van der Waals surface area contributed by atoms with Crippen LogP contribution in [0.5, 0.6) is 0 Å². The van der Waals surface area contributed by atoms with Gasteiger partial charge in [-0.3, -0.25) is 14.9 Å². The van der Waals surface area contributed by atoms with Crippen LogP contribution in [0.25, 0.3) is 0 Å². The van der Waals surface area contributed by atoms with Gasteiger partial charge in [0, 0.05) is 44.4 Å². The largest absolute Gasteiger partial charge is 0.333 e. The zero-order chi connectivity index (χ0) is 13.7.